The summed E-state index contributed by atoms with van der Waals surface area (Å²) >= 11 is 0. The molecule has 3 N–H and O–H groups in total. The highest BCUT2D eigenvalue weighted by molar-refractivity contribution is 5.92. The number of hydrogen-bond donors (Lipinski definition) is 3. The molecule has 1 heterocycles. The summed E-state index contributed by atoms with van der Waals surface area (Å²) in [5.41, 5.74) is 0.635. The molecule has 6 heteroatoms. The Bertz CT molecular complexity index is 458. The monoisotopic (exact) mass is 277 g/mol. The Morgan fingerprint density at radius 1 is 1.20 bits per heavy atom. The molecule has 1 unspecified atom stereocenters. The number of carbonyl (C=O) groups excluding carboxylic acids is 1. The molecule has 0 spiro atoms. The highest BCUT2D eigenvalue weighted by atomic mass is 16.4. The molecule has 1 aromatic rings. The number of carboxylic acids is 1. The third-order valence-corrected chi connectivity index (χ3v) is 3.27. The zero-order chi connectivity index (χ0) is 14.4. The molecule has 1 saturated heterocycles. The lowest BCUT2D eigenvalue weighted by atomic mass is 10.3. The van der Waals surface area contributed by atoms with Gasteiger partial charge >= 0.3 is 12.0 Å². The minimum atomic E-state index is -1.01. The number of likely N-dealkylation sites (tertiary alicyclic amines) is 1. The SMILES string of the molecule is O=C(Nc1ccccc1)NC(CN1CCCC1)C(=O)O. The number of nitrogens with one attached hydrogen (secondary N) is 2. The second kappa shape index (κ2) is 6.91. The number of benzene rings is 1. The number of anilines is 1. The second-order valence-electron chi connectivity index (χ2n) is 4.86. The van der Waals surface area contributed by atoms with Gasteiger partial charge in [0, 0.05) is 12.2 Å². The molecule has 1 atom stereocenters. The summed E-state index contributed by atoms with van der Waals surface area (Å²) in [5.74, 6) is -1.01. The Labute approximate surface area is 117 Å². The first-order valence-electron chi connectivity index (χ1n) is 6.73. The fourth-order valence-electron chi connectivity index (χ4n) is 2.26. The number of hydrogen-bond acceptors (Lipinski definition) is 3. The van der Waals surface area contributed by atoms with Crippen molar-refractivity contribution in [3.05, 3.63) is 30.3 Å². The van der Waals surface area contributed by atoms with Crippen molar-refractivity contribution in [1.82, 2.24) is 10.2 Å². The van der Waals surface area contributed by atoms with Gasteiger partial charge in [0.15, 0.2) is 0 Å². The Hall–Kier alpha value is -2.08. The second-order valence-corrected chi connectivity index (χ2v) is 4.86. The molecule has 2 rings (SSSR count). The number of rotatable bonds is 5. The van der Waals surface area contributed by atoms with E-state index < -0.39 is 18.0 Å². The molecule has 1 aliphatic heterocycles. The highest BCUT2D eigenvalue weighted by Gasteiger charge is 2.24. The predicted octanol–water partition coefficient (Wildman–Crippen LogP) is 1.36. The Balaban J connectivity index is 1.87. The Kier molecular flexibility index (Phi) is 4.95. The van der Waals surface area contributed by atoms with Crippen LogP contribution in [0.4, 0.5) is 10.5 Å². The third-order valence-electron chi connectivity index (χ3n) is 3.27. The van der Waals surface area contributed by atoms with Crippen molar-refractivity contribution in [3.63, 3.8) is 0 Å². The van der Waals surface area contributed by atoms with E-state index in [9.17, 15) is 14.7 Å². The van der Waals surface area contributed by atoms with Gasteiger partial charge in [-0.25, -0.2) is 9.59 Å². The molecule has 20 heavy (non-hydrogen) atoms. The summed E-state index contributed by atoms with van der Waals surface area (Å²) in [7, 11) is 0. The van der Waals surface area contributed by atoms with E-state index in [2.05, 4.69) is 15.5 Å². The molecule has 108 valence electrons. The lowest BCUT2D eigenvalue weighted by Gasteiger charge is -2.21. The van der Waals surface area contributed by atoms with Crippen LogP contribution in [0.25, 0.3) is 0 Å². The number of carboxylic acid groups (broad SMARTS) is 1. The summed E-state index contributed by atoms with van der Waals surface area (Å²) in [5, 5.41) is 14.3. The van der Waals surface area contributed by atoms with E-state index in [1.165, 1.54) is 0 Å². The van der Waals surface area contributed by atoms with Crippen LogP contribution in [0.15, 0.2) is 30.3 Å². The maximum atomic E-state index is 11.8. The van der Waals surface area contributed by atoms with Crippen LogP contribution in [0, 0.1) is 0 Å². The molecule has 0 aromatic heterocycles. The first-order valence-corrected chi connectivity index (χ1v) is 6.73. The number of carbonyl (C=O) groups is 2. The maximum absolute atomic E-state index is 11.8. The molecule has 2 amide bonds. The van der Waals surface area contributed by atoms with Crippen LogP contribution in [-0.4, -0.2) is 47.7 Å². The molecular weight excluding hydrogens is 258 g/mol. The molecule has 0 bridgehead atoms. The first kappa shape index (κ1) is 14.3. The van der Waals surface area contributed by atoms with Crippen molar-refractivity contribution in [2.45, 2.75) is 18.9 Å². The smallest absolute Gasteiger partial charge is 0.327 e. The van der Waals surface area contributed by atoms with Gasteiger partial charge in [-0.1, -0.05) is 18.2 Å². The van der Waals surface area contributed by atoms with E-state index in [4.69, 9.17) is 0 Å². The van der Waals surface area contributed by atoms with E-state index in [1.54, 1.807) is 24.3 Å². The van der Waals surface area contributed by atoms with Crippen molar-refractivity contribution in [3.8, 4) is 0 Å². The van der Waals surface area contributed by atoms with Crippen molar-refractivity contribution < 1.29 is 14.7 Å². The van der Waals surface area contributed by atoms with E-state index in [0.717, 1.165) is 25.9 Å². The van der Waals surface area contributed by atoms with Gasteiger partial charge in [0.25, 0.3) is 0 Å². The lowest BCUT2D eigenvalue weighted by molar-refractivity contribution is -0.139. The van der Waals surface area contributed by atoms with Gasteiger partial charge in [0.05, 0.1) is 0 Å². The van der Waals surface area contributed by atoms with Crippen LogP contribution in [0.2, 0.25) is 0 Å². The van der Waals surface area contributed by atoms with E-state index in [1.807, 2.05) is 6.07 Å². The molecule has 1 aromatic carbocycles. The van der Waals surface area contributed by atoms with E-state index in [-0.39, 0.29) is 0 Å². The number of aliphatic carboxylic acids is 1. The number of nitrogens with zero attached hydrogens (tertiary/aromatic N) is 1. The van der Waals surface area contributed by atoms with Gasteiger partial charge in [0.2, 0.25) is 0 Å². The lowest BCUT2D eigenvalue weighted by Crippen LogP contribution is -2.49. The quantitative estimate of drug-likeness (QED) is 0.759. The first-order chi connectivity index (χ1) is 9.65. The topological polar surface area (TPSA) is 81.7 Å². The summed E-state index contributed by atoms with van der Waals surface area (Å²) in [6, 6.07) is 7.55. The van der Waals surface area contributed by atoms with Crippen molar-refractivity contribution in [1.29, 1.82) is 0 Å². The van der Waals surface area contributed by atoms with Gasteiger partial charge in [-0.05, 0) is 38.1 Å². The molecule has 1 fully saturated rings. The van der Waals surface area contributed by atoms with Gasteiger partial charge < -0.3 is 20.6 Å². The minimum Gasteiger partial charge on any atom is -0.480 e. The van der Waals surface area contributed by atoms with E-state index in [0.29, 0.717) is 12.2 Å². The fourth-order valence-corrected chi connectivity index (χ4v) is 2.26. The zero-order valence-electron chi connectivity index (χ0n) is 11.2. The standard InChI is InChI=1S/C14H19N3O3/c18-13(19)12(10-17-8-4-5-9-17)16-14(20)15-11-6-2-1-3-7-11/h1-3,6-7,12H,4-5,8-10H2,(H,18,19)(H2,15,16,20). The number of para-hydroxylation sites is 1. The summed E-state index contributed by atoms with van der Waals surface area (Å²) in [6.45, 7) is 2.13. The third kappa shape index (κ3) is 4.24. The van der Waals surface area contributed by atoms with Crippen LogP contribution < -0.4 is 10.6 Å². The van der Waals surface area contributed by atoms with Crippen molar-refractivity contribution >= 4 is 17.7 Å². The van der Waals surface area contributed by atoms with Gasteiger partial charge in [0.1, 0.15) is 6.04 Å². The molecule has 6 nitrogen and oxygen atoms in total. The van der Waals surface area contributed by atoms with Crippen LogP contribution in [0.1, 0.15) is 12.8 Å². The van der Waals surface area contributed by atoms with Crippen LogP contribution in [-0.2, 0) is 4.79 Å². The van der Waals surface area contributed by atoms with Crippen molar-refractivity contribution in [2.24, 2.45) is 0 Å². The molecule has 0 saturated carbocycles. The maximum Gasteiger partial charge on any atom is 0.327 e. The van der Waals surface area contributed by atoms with Crippen LogP contribution in [0.3, 0.4) is 0 Å². The summed E-state index contributed by atoms with van der Waals surface area (Å²) in [6.07, 6.45) is 2.17. The van der Waals surface area contributed by atoms with E-state index >= 15 is 0 Å². The minimum absolute atomic E-state index is 0.345. The normalized spacial score (nSPS) is 16.6. The number of urea groups is 1. The largest absolute Gasteiger partial charge is 0.480 e. The average Bonchev–Trinajstić information content (AvgIpc) is 2.92. The predicted molar refractivity (Wildman–Crippen MR) is 75.7 cm³/mol. The highest BCUT2D eigenvalue weighted by Crippen LogP contribution is 2.08. The summed E-state index contributed by atoms with van der Waals surface area (Å²) < 4.78 is 0. The van der Waals surface area contributed by atoms with Crippen LogP contribution >= 0.6 is 0 Å². The zero-order valence-corrected chi connectivity index (χ0v) is 11.2. The van der Waals surface area contributed by atoms with Gasteiger partial charge in [-0.15, -0.1) is 0 Å². The van der Waals surface area contributed by atoms with Crippen molar-refractivity contribution in [2.75, 3.05) is 25.0 Å². The molecular formula is C14H19N3O3. The Morgan fingerprint density at radius 3 is 2.45 bits per heavy atom. The van der Waals surface area contributed by atoms with Gasteiger partial charge in [-0.2, -0.15) is 0 Å². The molecule has 1 aliphatic rings. The summed E-state index contributed by atoms with van der Waals surface area (Å²) in [4.78, 5) is 25.1. The molecule has 0 radical (unpaired) electrons. The van der Waals surface area contributed by atoms with Gasteiger partial charge in [-0.3, -0.25) is 0 Å². The number of amides is 2. The Morgan fingerprint density at radius 2 is 1.85 bits per heavy atom. The fraction of sp³-hybridized carbons (Fsp3) is 0.429. The van der Waals surface area contributed by atoms with Crippen LogP contribution in [0.5, 0.6) is 0 Å². The molecule has 0 aliphatic carbocycles. The average molecular weight is 277 g/mol.